The maximum Gasteiger partial charge on any atom is 0.173 e. The molecule has 12 nitrogen and oxygen atoms in total. The van der Waals surface area contributed by atoms with Crippen LogP contribution in [-0.2, 0) is 54.7 Å². The van der Waals surface area contributed by atoms with E-state index in [2.05, 4.69) is 119 Å². The largest absolute Gasteiger partial charge is 0.491 e. The summed E-state index contributed by atoms with van der Waals surface area (Å²) < 4.78 is 181. The second-order valence-corrected chi connectivity index (χ2v) is 22.2. The third-order valence-electron chi connectivity index (χ3n) is 11.0. The van der Waals surface area contributed by atoms with E-state index in [0.29, 0.717) is 106 Å². The molecule has 0 radical (unpaired) electrons. The normalized spacial score (nSPS) is 17.6. The molecule has 0 saturated carbocycles. The van der Waals surface area contributed by atoms with E-state index in [1.165, 1.54) is 22.3 Å². The van der Waals surface area contributed by atoms with Gasteiger partial charge in [-0.2, -0.15) is 0 Å². The minimum Gasteiger partial charge on any atom is -0.491 e. The van der Waals surface area contributed by atoms with Gasteiger partial charge in [-0.05, 0) is 59.4 Å². The molecule has 0 N–H and O–H groups in total. The number of hydrogen-bond donors (Lipinski definition) is 0. The molecular formula is C56H68F12N2O10P2. The van der Waals surface area contributed by atoms with E-state index in [9.17, 15) is 50.4 Å². The van der Waals surface area contributed by atoms with Crippen LogP contribution in [0.4, 0.5) is 50.4 Å². The monoisotopic (exact) mass is 1220 g/mol. The number of fused-ring (bicyclic) bond motifs is 27. The van der Waals surface area contributed by atoms with Gasteiger partial charge in [0.05, 0.1) is 66.1 Å². The van der Waals surface area contributed by atoms with Crippen LogP contribution in [0, 0.1) is 0 Å². The minimum atomic E-state index is -10.7. The van der Waals surface area contributed by atoms with Crippen molar-refractivity contribution < 1.29 is 107 Å². The molecule has 9 rings (SSSR count). The minimum absolute atomic E-state index is 0.417. The Bertz CT molecular complexity index is 2420. The molecule has 0 aliphatic carbocycles. The zero-order valence-corrected chi connectivity index (χ0v) is 46.6. The first-order valence-electron chi connectivity index (χ1n) is 26.1. The van der Waals surface area contributed by atoms with E-state index in [4.69, 9.17) is 47.4 Å². The molecule has 3 aliphatic rings. The predicted octanol–water partition coefficient (Wildman–Crippen LogP) is 15.4. The second-order valence-electron chi connectivity index (χ2n) is 18.4. The Balaban J connectivity index is 0.000000258. The summed E-state index contributed by atoms with van der Waals surface area (Å²) in [7, 11) is -21.3. The van der Waals surface area contributed by atoms with Crippen LogP contribution in [-0.4, -0.2) is 92.5 Å². The Morgan fingerprint density at radius 1 is 0.305 bits per heavy atom. The van der Waals surface area contributed by atoms with Crippen molar-refractivity contribution in [2.24, 2.45) is 0 Å². The van der Waals surface area contributed by atoms with E-state index in [-0.39, 0.29) is 0 Å². The molecule has 2 aromatic heterocycles. The summed E-state index contributed by atoms with van der Waals surface area (Å²) in [6.07, 6.45) is 12.8. The molecule has 0 unspecified atom stereocenters. The first-order chi connectivity index (χ1) is 38.6. The van der Waals surface area contributed by atoms with Crippen LogP contribution in [0.25, 0.3) is 11.1 Å². The molecule has 0 spiro atoms. The number of nitrogens with zero attached hydrogens (tertiary/aromatic N) is 2. The summed E-state index contributed by atoms with van der Waals surface area (Å²) in [4.78, 5) is 0. The zero-order valence-electron chi connectivity index (χ0n) is 44.8. The average molecular weight is 1220 g/mol. The molecule has 6 bridgehead atoms. The predicted molar refractivity (Wildman–Crippen MR) is 286 cm³/mol. The number of rotatable bonds is 5. The maximum atomic E-state index is 9.87. The fourth-order valence-corrected chi connectivity index (χ4v) is 7.52. The smallest absolute Gasteiger partial charge is 0.173 e. The van der Waals surface area contributed by atoms with E-state index < -0.39 is 15.6 Å². The van der Waals surface area contributed by atoms with E-state index in [0.717, 1.165) is 72.9 Å². The van der Waals surface area contributed by atoms with Crippen molar-refractivity contribution in [2.45, 2.75) is 52.0 Å². The zero-order chi connectivity index (χ0) is 59.3. The van der Waals surface area contributed by atoms with Gasteiger partial charge < -0.3 is 47.4 Å². The molecule has 26 heteroatoms. The van der Waals surface area contributed by atoms with Gasteiger partial charge in [-0.3, -0.25) is 0 Å². The molecule has 3 aliphatic heterocycles. The van der Waals surface area contributed by atoms with Crippen LogP contribution < -0.4 is 28.1 Å². The van der Waals surface area contributed by atoms with Gasteiger partial charge in [0.2, 0.25) is 0 Å². The van der Waals surface area contributed by atoms with Crippen LogP contribution in [0.3, 0.4) is 0 Å². The molecule has 4 aromatic carbocycles. The van der Waals surface area contributed by atoms with Crippen LogP contribution in [0.15, 0.2) is 146 Å². The van der Waals surface area contributed by atoms with Gasteiger partial charge in [-0.1, -0.05) is 73.5 Å². The van der Waals surface area contributed by atoms with Crippen molar-refractivity contribution in [1.29, 1.82) is 0 Å². The third kappa shape index (κ3) is 35.9. The van der Waals surface area contributed by atoms with Crippen molar-refractivity contribution in [3.05, 3.63) is 168 Å². The first-order valence-corrected chi connectivity index (χ1v) is 30.1. The quantitative estimate of drug-likeness (QED) is 0.0718. The molecule has 0 amide bonds. The molecular weight excluding hydrogens is 1150 g/mol. The van der Waals surface area contributed by atoms with Crippen molar-refractivity contribution in [3.8, 4) is 34.1 Å². The number of halogens is 12. The van der Waals surface area contributed by atoms with Crippen LogP contribution >= 0.6 is 15.6 Å². The summed E-state index contributed by atoms with van der Waals surface area (Å²) in [5.74, 6) is 2.87. The summed E-state index contributed by atoms with van der Waals surface area (Å²) >= 11 is 0. The Morgan fingerprint density at radius 3 is 0.854 bits per heavy atom. The molecule has 82 heavy (non-hydrogen) atoms. The summed E-state index contributed by atoms with van der Waals surface area (Å²) in [6, 6.07) is 41.5. The van der Waals surface area contributed by atoms with Gasteiger partial charge in [-0.25, -0.2) is 9.13 Å². The SMILES string of the molecule is F[P-](F)(F)(F)(F)F.F[P-](F)(F)(F)(F)F.c1c2cc3cc1OCCOCCOCCOc1cc(cc(c1)OCCOCCOCCO3)COCCCCCCOC2.c1ccc(C[n+]2ccc(-c3cc[n+](Cc4ccccc4)cc3)cc2)cc1. The molecule has 456 valence electrons. The topological polar surface area (TPSA) is 100 Å². The Morgan fingerprint density at radius 2 is 0.573 bits per heavy atom. The number of benzene rings is 4. The summed E-state index contributed by atoms with van der Waals surface area (Å²) in [6.45, 7) is 9.52. The fourth-order valence-electron chi connectivity index (χ4n) is 7.52. The summed E-state index contributed by atoms with van der Waals surface area (Å²) in [5, 5.41) is 0. The fraction of sp³-hybridized carbons (Fsp3) is 0.393. The third-order valence-corrected chi connectivity index (χ3v) is 11.0. The van der Waals surface area contributed by atoms with Crippen molar-refractivity contribution >= 4 is 15.6 Å². The van der Waals surface area contributed by atoms with E-state index >= 15 is 0 Å². The van der Waals surface area contributed by atoms with E-state index in [1.54, 1.807) is 0 Å². The average Bonchev–Trinajstić information content (AvgIpc) is 3.44. The van der Waals surface area contributed by atoms with Gasteiger partial charge in [0.1, 0.15) is 49.4 Å². The van der Waals surface area contributed by atoms with Crippen molar-refractivity contribution in [2.75, 3.05) is 92.5 Å². The van der Waals surface area contributed by atoms with Crippen molar-refractivity contribution in [1.82, 2.24) is 0 Å². The van der Waals surface area contributed by atoms with Gasteiger partial charge in [0.15, 0.2) is 37.9 Å². The molecule has 0 fully saturated rings. The van der Waals surface area contributed by atoms with Gasteiger partial charge >= 0.3 is 66.0 Å². The van der Waals surface area contributed by atoms with Crippen LogP contribution in [0.1, 0.15) is 47.9 Å². The first kappa shape index (κ1) is 67.0. The number of hydrogen-bond acceptors (Lipinski definition) is 10. The van der Waals surface area contributed by atoms with Crippen molar-refractivity contribution in [3.63, 3.8) is 0 Å². The Labute approximate surface area is 468 Å². The van der Waals surface area contributed by atoms with E-state index in [1.807, 2.05) is 36.4 Å². The maximum absolute atomic E-state index is 10.7. The number of aromatic nitrogens is 2. The summed E-state index contributed by atoms with van der Waals surface area (Å²) in [5.41, 5.74) is 7.10. The Kier molecular flexibility index (Phi) is 25.0. The van der Waals surface area contributed by atoms with Crippen LogP contribution in [0.5, 0.6) is 23.0 Å². The van der Waals surface area contributed by atoms with Crippen LogP contribution in [0.2, 0.25) is 0 Å². The molecule has 6 aromatic rings. The molecule has 0 atom stereocenters. The number of ether oxygens (including phenoxy) is 10. The molecule has 5 heterocycles. The van der Waals surface area contributed by atoms with Gasteiger partial charge in [0.25, 0.3) is 0 Å². The number of pyridine rings is 2. The van der Waals surface area contributed by atoms with Gasteiger partial charge in [0, 0.05) is 60.7 Å². The van der Waals surface area contributed by atoms with Gasteiger partial charge in [-0.15, -0.1) is 0 Å². The molecule has 0 saturated heterocycles. The standard InChI is InChI=1S/C32H46O10.C24H22N2.2F6P/c1-2-4-6-38-26-28-21-31-24-32(22-28)42-18-14-36-10-8-34-12-16-40-30-20-27(25-37-5-3-1)19-29(23-30)39-15-11-33-7-9-35-13-17-41-31;1-3-7-21(8-4-1)19-25-15-11-23(12-16-25)24-13-17-26(18-14-24)20-22-9-5-2-6-10-22;2*1-7(2,3,4,5)6/h19-24H,1-18,25-26H2;1-18H,19-20H2;;/q;+2;2*-1. The second kappa shape index (κ2) is 30.6. The Hall–Kier alpha value is -5.84.